The van der Waals surface area contributed by atoms with Crippen LogP contribution in [0.3, 0.4) is 0 Å². The maximum Gasteiger partial charge on any atom is 0.335 e. The van der Waals surface area contributed by atoms with Gasteiger partial charge in [0.25, 0.3) is 0 Å². The summed E-state index contributed by atoms with van der Waals surface area (Å²) in [5.74, 6) is -2.05. The van der Waals surface area contributed by atoms with Crippen molar-refractivity contribution in [2.45, 2.75) is 6.54 Å². The number of urea groups is 1. The second-order valence-electron chi connectivity index (χ2n) is 3.91. The largest absolute Gasteiger partial charge is 0.478 e. The van der Waals surface area contributed by atoms with Gasteiger partial charge in [0, 0.05) is 18.3 Å². The first kappa shape index (κ1) is 13.5. The van der Waals surface area contributed by atoms with Gasteiger partial charge in [-0.1, -0.05) is 0 Å². The van der Waals surface area contributed by atoms with E-state index >= 15 is 0 Å². The molecule has 0 spiro atoms. The molecule has 0 atom stereocenters. The van der Waals surface area contributed by atoms with Gasteiger partial charge in [-0.25, -0.2) is 14.0 Å². The second-order valence-corrected chi connectivity index (χ2v) is 3.91. The summed E-state index contributed by atoms with van der Waals surface area (Å²) in [5.41, 5.74) is 0.480. The van der Waals surface area contributed by atoms with Gasteiger partial charge in [0.2, 0.25) is 0 Å². The van der Waals surface area contributed by atoms with E-state index in [4.69, 9.17) is 5.11 Å². The zero-order valence-electron chi connectivity index (χ0n) is 10.2. The van der Waals surface area contributed by atoms with Gasteiger partial charge in [-0.15, -0.1) is 0 Å². The maximum absolute atomic E-state index is 13.6. The van der Waals surface area contributed by atoms with E-state index in [0.717, 1.165) is 11.6 Å². The van der Waals surface area contributed by atoms with Crippen molar-refractivity contribution in [1.82, 2.24) is 15.5 Å². The number of carboxylic acids is 1. The van der Waals surface area contributed by atoms with Crippen LogP contribution in [0.4, 0.5) is 14.9 Å². The minimum atomic E-state index is -1.24. The van der Waals surface area contributed by atoms with Crippen molar-refractivity contribution in [1.29, 1.82) is 0 Å². The van der Waals surface area contributed by atoms with Gasteiger partial charge in [-0.3, -0.25) is 5.10 Å². The summed E-state index contributed by atoms with van der Waals surface area (Å²) in [6.45, 7) is 0.233. The van der Waals surface area contributed by atoms with E-state index in [0.29, 0.717) is 0 Å². The van der Waals surface area contributed by atoms with Gasteiger partial charge in [-0.05, 0) is 18.2 Å². The summed E-state index contributed by atoms with van der Waals surface area (Å²) in [6, 6.07) is 2.63. The van der Waals surface area contributed by atoms with Crippen molar-refractivity contribution < 1.29 is 19.1 Å². The van der Waals surface area contributed by atoms with Crippen LogP contribution in [-0.4, -0.2) is 27.3 Å². The molecule has 0 aliphatic heterocycles. The lowest BCUT2D eigenvalue weighted by atomic mass is 10.2. The van der Waals surface area contributed by atoms with Crippen molar-refractivity contribution >= 4 is 17.7 Å². The third kappa shape index (κ3) is 3.31. The fraction of sp³-hybridized carbons (Fsp3) is 0.0833. The van der Waals surface area contributed by atoms with Crippen LogP contribution >= 0.6 is 0 Å². The molecular weight excluding hydrogens is 267 g/mol. The molecule has 0 bridgehead atoms. The lowest BCUT2D eigenvalue weighted by Gasteiger charge is -2.08. The number of carbonyl (C=O) groups excluding carboxylic acids is 1. The number of rotatable bonds is 4. The van der Waals surface area contributed by atoms with Crippen LogP contribution in [0.1, 0.15) is 15.9 Å². The van der Waals surface area contributed by atoms with Crippen LogP contribution in [0.5, 0.6) is 0 Å². The van der Waals surface area contributed by atoms with E-state index in [9.17, 15) is 14.0 Å². The lowest BCUT2D eigenvalue weighted by Crippen LogP contribution is -2.28. The Morgan fingerprint density at radius 1 is 1.40 bits per heavy atom. The molecule has 0 saturated carbocycles. The number of halogens is 1. The van der Waals surface area contributed by atoms with E-state index < -0.39 is 17.8 Å². The van der Waals surface area contributed by atoms with E-state index in [1.54, 1.807) is 12.4 Å². The molecule has 2 rings (SSSR count). The number of H-pyrrole nitrogens is 1. The normalized spacial score (nSPS) is 10.1. The predicted molar refractivity (Wildman–Crippen MR) is 67.8 cm³/mol. The van der Waals surface area contributed by atoms with Crippen molar-refractivity contribution in [2.75, 3.05) is 5.32 Å². The highest BCUT2D eigenvalue weighted by molar-refractivity contribution is 5.91. The number of hydrogen-bond donors (Lipinski definition) is 4. The third-order valence-corrected chi connectivity index (χ3v) is 2.47. The van der Waals surface area contributed by atoms with Gasteiger partial charge in [0.05, 0.1) is 17.4 Å². The van der Waals surface area contributed by atoms with Crippen molar-refractivity contribution in [3.8, 4) is 0 Å². The van der Waals surface area contributed by atoms with E-state index in [-0.39, 0.29) is 17.8 Å². The monoisotopic (exact) mass is 278 g/mol. The Labute approximate surface area is 112 Å². The second kappa shape index (κ2) is 5.83. The molecule has 20 heavy (non-hydrogen) atoms. The minimum Gasteiger partial charge on any atom is -0.478 e. The standard InChI is InChI=1S/C12H11FN4O3/c13-9-3-8(11(18)19)1-2-10(9)17-12(20)14-4-7-5-15-16-6-7/h1-3,5-6H,4H2,(H,15,16)(H,18,19)(H2,14,17,20). The molecule has 2 aromatic rings. The van der Waals surface area contributed by atoms with Gasteiger partial charge < -0.3 is 15.7 Å². The average Bonchev–Trinajstić information content (AvgIpc) is 2.91. The fourth-order valence-electron chi connectivity index (χ4n) is 1.47. The Balaban J connectivity index is 1.95. The zero-order chi connectivity index (χ0) is 14.5. The number of hydrogen-bond acceptors (Lipinski definition) is 3. The third-order valence-electron chi connectivity index (χ3n) is 2.47. The quantitative estimate of drug-likeness (QED) is 0.680. The number of nitrogens with one attached hydrogen (secondary N) is 3. The molecule has 0 aliphatic rings. The van der Waals surface area contributed by atoms with Crippen LogP contribution in [0.2, 0.25) is 0 Å². The molecule has 7 nitrogen and oxygen atoms in total. The summed E-state index contributed by atoms with van der Waals surface area (Å²) >= 11 is 0. The summed E-state index contributed by atoms with van der Waals surface area (Å²) in [7, 11) is 0. The maximum atomic E-state index is 13.6. The van der Waals surface area contributed by atoms with Crippen LogP contribution in [0.15, 0.2) is 30.6 Å². The fourth-order valence-corrected chi connectivity index (χ4v) is 1.47. The van der Waals surface area contributed by atoms with Crippen LogP contribution < -0.4 is 10.6 Å². The first-order chi connectivity index (χ1) is 9.56. The topological polar surface area (TPSA) is 107 Å². The first-order valence-electron chi connectivity index (χ1n) is 5.61. The molecule has 104 valence electrons. The number of carboxylic acid groups (broad SMARTS) is 1. The molecular formula is C12H11FN4O3. The van der Waals surface area contributed by atoms with Crippen LogP contribution in [0.25, 0.3) is 0 Å². The van der Waals surface area contributed by atoms with E-state index in [1.165, 1.54) is 12.1 Å². The summed E-state index contributed by atoms with van der Waals surface area (Å²) in [5, 5.41) is 19.8. The first-order valence-corrected chi connectivity index (χ1v) is 5.61. The summed E-state index contributed by atoms with van der Waals surface area (Å²) in [4.78, 5) is 22.2. The number of amides is 2. The number of anilines is 1. The van der Waals surface area contributed by atoms with Crippen LogP contribution in [0, 0.1) is 5.82 Å². The number of aromatic nitrogens is 2. The highest BCUT2D eigenvalue weighted by Gasteiger charge is 2.10. The average molecular weight is 278 g/mol. The Hall–Kier alpha value is -2.90. The molecule has 1 aromatic carbocycles. The minimum absolute atomic E-state index is 0.0975. The number of carbonyl (C=O) groups is 2. The molecule has 1 heterocycles. The molecule has 2 amide bonds. The van der Waals surface area contributed by atoms with Gasteiger partial charge >= 0.3 is 12.0 Å². The van der Waals surface area contributed by atoms with Crippen molar-refractivity contribution in [2.24, 2.45) is 0 Å². The molecule has 0 saturated heterocycles. The highest BCUT2D eigenvalue weighted by atomic mass is 19.1. The van der Waals surface area contributed by atoms with Crippen molar-refractivity contribution in [3.05, 3.63) is 47.5 Å². The lowest BCUT2D eigenvalue weighted by molar-refractivity contribution is 0.0696. The number of aromatic amines is 1. The Morgan fingerprint density at radius 2 is 2.20 bits per heavy atom. The number of aromatic carboxylic acids is 1. The zero-order valence-corrected chi connectivity index (χ0v) is 10.2. The Morgan fingerprint density at radius 3 is 2.80 bits per heavy atom. The summed E-state index contributed by atoms with van der Waals surface area (Å²) < 4.78 is 13.6. The van der Waals surface area contributed by atoms with Crippen LogP contribution in [-0.2, 0) is 6.54 Å². The Bertz CT molecular complexity index is 628. The molecule has 0 aliphatic carbocycles. The van der Waals surface area contributed by atoms with Crippen molar-refractivity contribution in [3.63, 3.8) is 0 Å². The molecule has 4 N–H and O–H groups in total. The molecule has 0 radical (unpaired) electrons. The summed E-state index contributed by atoms with van der Waals surface area (Å²) in [6.07, 6.45) is 3.16. The van der Waals surface area contributed by atoms with E-state index in [1.807, 2.05) is 0 Å². The van der Waals surface area contributed by atoms with Gasteiger partial charge in [0.15, 0.2) is 0 Å². The van der Waals surface area contributed by atoms with Gasteiger partial charge in [0.1, 0.15) is 5.82 Å². The smallest absolute Gasteiger partial charge is 0.335 e. The number of nitrogens with zero attached hydrogens (tertiary/aromatic N) is 1. The highest BCUT2D eigenvalue weighted by Crippen LogP contribution is 2.15. The molecule has 1 aromatic heterocycles. The van der Waals surface area contributed by atoms with E-state index in [2.05, 4.69) is 20.8 Å². The molecule has 0 fully saturated rings. The van der Waals surface area contributed by atoms with Gasteiger partial charge in [-0.2, -0.15) is 5.10 Å². The SMILES string of the molecule is O=C(NCc1cn[nH]c1)Nc1ccc(C(=O)O)cc1F. The molecule has 0 unspecified atom stereocenters. The molecule has 8 heteroatoms. The Kier molecular flexibility index (Phi) is 3.94. The predicted octanol–water partition coefficient (Wildman–Crippen LogP) is 1.57. The number of benzene rings is 1.